The van der Waals surface area contributed by atoms with Crippen LogP contribution in [-0.4, -0.2) is 28.6 Å². The summed E-state index contributed by atoms with van der Waals surface area (Å²) < 4.78 is 0. The van der Waals surface area contributed by atoms with Gasteiger partial charge in [0, 0.05) is 5.38 Å². The fourth-order valence-electron chi connectivity index (χ4n) is 0.775. The number of nitrogens with two attached hydrogens (primary N) is 1. The lowest BCUT2D eigenvalue weighted by molar-refractivity contribution is -0.130. The maximum atomic E-state index is 10.8. The number of nitrogen functional groups attached to an aromatic ring is 1. The van der Waals surface area contributed by atoms with Crippen molar-refractivity contribution in [1.82, 2.24) is 4.98 Å². The zero-order chi connectivity index (χ0) is 12.0. The number of carboxylic acid groups (broad SMARTS) is 1. The molecule has 0 radical (unpaired) electrons. The summed E-state index contributed by atoms with van der Waals surface area (Å²) in [6.07, 6.45) is 2.11. The molecule has 0 spiro atoms. The van der Waals surface area contributed by atoms with Gasteiger partial charge in [0.15, 0.2) is 11.4 Å². The Labute approximate surface area is 93.8 Å². The van der Waals surface area contributed by atoms with E-state index in [1.165, 1.54) is 5.38 Å². The highest BCUT2D eigenvalue weighted by Crippen LogP contribution is 2.19. The van der Waals surface area contributed by atoms with Gasteiger partial charge < -0.3 is 15.7 Å². The number of carbonyl (C=O) groups excluding carboxylic acids is 1. The predicted molar refractivity (Wildman–Crippen MR) is 57.8 cm³/mol. The van der Waals surface area contributed by atoms with E-state index in [-0.39, 0.29) is 16.4 Å². The summed E-state index contributed by atoms with van der Waals surface area (Å²) >= 11 is 1.11. The molecular formula is C8H7N3O4S. The van der Waals surface area contributed by atoms with Crippen LogP contribution in [-0.2, 0) is 14.4 Å². The van der Waals surface area contributed by atoms with E-state index in [0.717, 1.165) is 23.8 Å². The number of rotatable bonds is 5. The van der Waals surface area contributed by atoms with E-state index in [0.29, 0.717) is 6.29 Å². The number of nitrogens with zero attached hydrogens (tertiary/aromatic N) is 2. The van der Waals surface area contributed by atoms with Gasteiger partial charge in [-0.05, 0) is 0 Å². The Morgan fingerprint density at radius 1 is 1.69 bits per heavy atom. The Bertz CT molecular complexity index is 452. The van der Waals surface area contributed by atoms with Gasteiger partial charge >= 0.3 is 5.97 Å². The molecular weight excluding hydrogens is 234 g/mol. The Balaban J connectivity index is 2.87. The van der Waals surface area contributed by atoms with Crippen LogP contribution in [0.25, 0.3) is 5.57 Å². The van der Waals surface area contributed by atoms with Crippen LogP contribution in [0.2, 0.25) is 0 Å². The summed E-state index contributed by atoms with van der Waals surface area (Å²) in [6, 6.07) is 0. The second-order valence-corrected chi connectivity index (χ2v) is 3.29. The molecule has 84 valence electrons. The third kappa shape index (κ3) is 3.17. The van der Waals surface area contributed by atoms with Gasteiger partial charge in [-0.1, -0.05) is 5.16 Å². The van der Waals surface area contributed by atoms with Gasteiger partial charge in [-0.3, -0.25) is 4.79 Å². The molecule has 16 heavy (non-hydrogen) atoms. The summed E-state index contributed by atoms with van der Waals surface area (Å²) in [6.45, 7) is 0. The standard InChI is InChI=1S/C8H7N3O4S/c9-8-11-6(4-16-8)5(7(13)14)3-15-10-1-2-12/h1-4H,(H2,9,11)(H,13,14)/b5-3+,10-1+. The first-order valence-electron chi connectivity index (χ1n) is 3.93. The number of aldehydes is 1. The Hall–Kier alpha value is -2.22. The van der Waals surface area contributed by atoms with Crippen molar-refractivity contribution in [3.05, 3.63) is 17.3 Å². The minimum Gasteiger partial charge on any atom is -0.477 e. The molecule has 0 fully saturated rings. The number of hydrogen-bond donors (Lipinski definition) is 2. The maximum absolute atomic E-state index is 10.8. The molecule has 0 saturated carbocycles. The Morgan fingerprint density at radius 3 is 2.94 bits per heavy atom. The molecule has 0 aliphatic carbocycles. The third-order valence-corrected chi connectivity index (χ3v) is 2.06. The van der Waals surface area contributed by atoms with E-state index in [2.05, 4.69) is 15.0 Å². The van der Waals surface area contributed by atoms with Gasteiger partial charge in [-0.2, -0.15) is 0 Å². The molecule has 1 heterocycles. The highest BCUT2D eigenvalue weighted by atomic mass is 32.1. The smallest absolute Gasteiger partial charge is 0.341 e. The summed E-state index contributed by atoms with van der Waals surface area (Å²) in [4.78, 5) is 28.9. The number of carbonyl (C=O) groups is 2. The van der Waals surface area contributed by atoms with Gasteiger partial charge in [0.2, 0.25) is 0 Å². The average Bonchev–Trinajstić information content (AvgIpc) is 2.64. The van der Waals surface area contributed by atoms with E-state index >= 15 is 0 Å². The van der Waals surface area contributed by atoms with Crippen LogP contribution in [0.4, 0.5) is 5.13 Å². The minimum atomic E-state index is -1.23. The first kappa shape index (κ1) is 11.9. The third-order valence-electron chi connectivity index (χ3n) is 1.38. The summed E-state index contributed by atoms with van der Waals surface area (Å²) in [5, 5.41) is 13.7. The molecule has 0 bridgehead atoms. The van der Waals surface area contributed by atoms with E-state index in [1.807, 2.05) is 0 Å². The van der Waals surface area contributed by atoms with Crippen molar-refractivity contribution in [2.24, 2.45) is 5.16 Å². The van der Waals surface area contributed by atoms with Gasteiger partial charge in [0.05, 0.1) is 5.69 Å². The molecule has 0 unspecified atom stereocenters. The molecule has 1 aromatic heterocycles. The monoisotopic (exact) mass is 241 g/mol. The van der Waals surface area contributed by atoms with E-state index < -0.39 is 5.97 Å². The average molecular weight is 241 g/mol. The van der Waals surface area contributed by atoms with Crippen LogP contribution in [0.5, 0.6) is 0 Å². The largest absolute Gasteiger partial charge is 0.477 e. The first-order chi connectivity index (χ1) is 7.65. The molecule has 8 heteroatoms. The Morgan fingerprint density at radius 2 is 2.44 bits per heavy atom. The van der Waals surface area contributed by atoms with Crippen molar-refractivity contribution in [3.63, 3.8) is 0 Å². The number of thiazole rings is 1. The van der Waals surface area contributed by atoms with Crippen LogP contribution in [0.15, 0.2) is 16.8 Å². The van der Waals surface area contributed by atoms with E-state index in [4.69, 9.17) is 10.8 Å². The molecule has 0 aromatic carbocycles. The predicted octanol–water partition coefficient (Wildman–Crippen LogP) is 0.352. The summed E-state index contributed by atoms with van der Waals surface area (Å²) in [5.74, 6) is -1.23. The van der Waals surface area contributed by atoms with E-state index in [1.54, 1.807) is 0 Å². The second-order valence-electron chi connectivity index (χ2n) is 2.40. The molecule has 0 aliphatic heterocycles. The van der Waals surface area contributed by atoms with Crippen LogP contribution in [0.1, 0.15) is 5.69 Å². The zero-order valence-corrected chi connectivity index (χ0v) is 8.68. The second kappa shape index (κ2) is 5.61. The SMILES string of the molecule is Nc1nc(/C(=C\O/N=C/C=O)C(=O)O)cs1. The Kier molecular flexibility index (Phi) is 4.16. The van der Waals surface area contributed by atoms with Crippen LogP contribution < -0.4 is 5.73 Å². The van der Waals surface area contributed by atoms with Crippen molar-refractivity contribution in [1.29, 1.82) is 0 Å². The molecule has 0 atom stereocenters. The van der Waals surface area contributed by atoms with Crippen LogP contribution in [0, 0.1) is 0 Å². The fraction of sp³-hybridized carbons (Fsp3) is 0. The van der Waals surface area contributed by atoms with Gasteiger partial charge in [0.1, 0.15) is 18.0 Å². The van der Waals surface area contributed by atoms with Gasteiger partial charge in [0.25, 0.3) is 0 Å². The lowest BCUT2D eigenvalue weighted by Crippen LogP contribution is -2.00. The van der Waals surface area contributed by atoms with Crippen molar-refractivity contribution in [2.45, 2.75) is 0 Å². The van der Waals surface area contributed by atoms with Gasteiger partial charge in [-0.15, -0.1) is 11.3 Å². The highest BCUT2D eigenvalue weighted by Gasteiger charge is 2.14. The number of anilines is 1. The highest BCUT2D eigenvalue weighted by molar-refractivity contribution is 7.13. The number of hydrogen-bond acceptors (Lipinski definition) is 7. The van der Waals surface area contributed by atoms with Crippen molar-refractivity contribution >= 4 is 40.5 Å². The van der Waals surface area contributed by atoms with E-state index in [9.17, 15) is 9.59 Å². The number of carboxylic acids is 1. The molecule has 1 aromatic rings. The molecule has 3 N–H and O–H groups in total. The number of oxime groups is 1. The maximum Gasteiger partial charge on any atom is 0.341 e. The molecule has 0 aliphatic rings. The molecule has 0 saturated heterocycles. The number of aromatic nitrogens is 1. The lowest BCUT2D eigenvalue weighted by atomic mass is 10.2. The summed E-state index contributed by atoms with van der Waals surface area (Å²) in [7, 11) is 0. The fourth-order valence-corrected chi connectivity index (χ4v) is 1.34. The molecule has 0 amide bonds. The normalized spacial score (nSPS) is 11.6. The summed E-state index contributed by atoms with van der Waals surface area (Å²) in [5.41, 5.74) is 5.34. The lowest BCUT2D eigenvalue weighted by Gasteiger charge is -1.95. The number of aliphatic carboxylic acids is 1. The molecule has 7 nitrogen and oxygen atoms in total. The topological polar surface area (TPSA) is 115 Å². The molecule has 1 rings (SSSR count). The van der Waals surface area contributed by atoms with Crippen molar-refractivity contribution in [2.75, 3.05) is 5.73 Å². The van der Waals surface area contributed by atoms with Crippen LogP contribution >= 0.6 is 11.3 Å². The van der Waals surface area contributed by atoms with Crippen molar-refractivity contribution in [3.8, 4) is 0 Å². The van der Waals surface area contributed by atoms with Crippen molar-refractivity contribution < 1.29 is 19.5 Å². The minimum absolute atomic E-state index is 0.177. The van der Waals surface area contributed by atoms with Gasteiger partial charge in [-0.25, -0.2) is 9.78 Å². The van der Waals surface area contributed by atoms with Crippen LogP contribution in [0.3, 0.4) is 0 Å². The quantitative estimate of drug-likeness (QED) is 0.253. The zero-order valence-electron chi connectivity index (χ0n) is 7.86. The first-order valence-corrected chi connectivity index (χ1v) is 4.81.